The Morgan fingerprint density at radius 3 is 2.44 bits per heavy atom. The second kappa shape index (κ2) is 5.67. The Balaban J connectivity index is 2.00. The van der Waals surface area contributed by atoms with Crippen molar-refractivity contribution in [3.8, 4) is 0 Å². The molecule has 0 heterocycles. The summed E-state index contributed by atoms with van der Waals surface area (Å²) in [6.07, 6.45) is 4.10. The Kier molecular flexibility index (Phi) is 4.78. The molecule has 0 aliphatic heterocycles. The van der Waals surface area contributed by atoms with Gasteiger partial charge < -0.3 is 10.6 Å². The topological polar surface area (TPSA) is 41.1 Å². The Labute approximate surface area is 99.4 Å². The van der Waals surface area contributed by atoms with Crippen molar-refractivity contribution in [1.29, 1.82) is 0 Å². The van der Waals surface area contributed by atoms with Gasteiger partial charge in [0.25, 0.3) is 0 Å². The third-order valence-corrected chi connectivity index (χ3v) is 2.97. The van der Waals surface area contributed by atoms with E-state index in [0.29, 0.717) is 6.04 Å². The molecule has 1 aliphatic carbocycles. The van der Waals surface area contributed by atoms with Crippen molar-refractivity contribution >= 4 is 5.91 Å². The maximum Gasteiger partial charge on any atom is 0.225 e. The molecule has 1 aliphatic rings. The SMILES string of the molecule is CC(CC1CC1)NCCNC(=O)C(C)(C)C. The first-order valence-corrected chi connectivity index (χ1v) is 6.41. The lowest BCUT2D eigenvalue weighted by Crippen LogP contribution is -2.40. The first kappa shape index (κ1) is 13.5. The summed E-state index contributed by atoms with van der Waals surface area (Å²) in [5, 5.41) is 6.39. The number of carbonyl (C=O) groups is 1. The van der Waals surface area contributed by atoms with Crippen LogP contribution in [-0.2, 0) is 4.79 Å². The van der Waals surface area contributed by atoms with Crippen molar-refractivity contribution in [3.63, 3.8) is 0 Å². The minimum atomic E-state index is -0.278. The fourth-order valence-corrected chi connectivity index (χ4v) is 1.70. The molecule has 0 aromatic heterocycles. The van der Waals surface area contributed by atoms with E-state index in [4.69, 9.17) is 0 Å². The quantitative estimate of drug-likeness (QED) is 0.679. The van der Waals surface area contributed by atoms with Crippen molar-refractivity contribution in [1.82, 2.24) is 10.6 Å². The highest BCUT2D eigenvalue weighted by molar-refractivity contribution is 5.81. The van der Waals surface area contributed by atoms with Crippen LogP contribution in [0.4, 0.5) is 0 Å². The number of carbonyl (C=O) groups excluding carboxylic acids is 1. The summed E-state index contributed by atoms with van der Waals surface area (Å²) < 4.78 is 0. The molecule has 94 valence electrons. The number of rotatable bonds is 6. The molecule has 16 heavy (non-hydrogen) atoms. The minimum absolute atomic E-state index is 0.129. The minimum Gasteiger partial charge on any atom is -0.354 e. The van der Waals surface area contributed by atoms with Gasteiger partial charge in [0.05, 0.1) is 0 Å². The molecule has 0 saturated heterocycles. The highest BCUT2D eigenvalue weighted by Gasteiger charge is 2.23. The van der Waals surface area contributed by atoms with E-state index in [-0.39, 0.29) is 11.3 Å². The molecule has 0 bridgehead atoms. The van der Waals surface area contributed by atoms with E-state index in [9.17, 15) is 4.79 Å². The van der Waals surface area contributed by atoms with Gasteiger partial charge in [0.1, 0.15) is 0 Å². The van der Waals surface area contributed by atoms with Gasteiger partial charge in [0.2, 0.25) is 5.91 Å². The van der Waals surface area contributed by atoms with Gasteiger partial charge in [-0.15, -0.1) is 0 Å². The number of amides is 1. The van der Waals surface area contributed by atoms with Crippen LogP contribution in [0.15, 0.2) is 0 Å². The maximum atomic E-state index is 11.6. The monoisotopic (exact) mass is 226 g/mol. The molecule has 1 atom stereocenters. The van der Waals surface area contributed by atoms with Crippen LogP contribution in [0.5, 0.6) is 0 Å². The van der Waals surface area contributed by atoms with Gasteiger partial charge in [-0.3, -0.25) is 4.79 Å². The lowest BCUT2D eigenvalue weighted by atomic mass is 9.96. The van der Waals surface area contributed by atoms with Crippen LogP contribution in [0, 0.1) is 11.3 Å². The molecule has 3 heteroatoms. The van der Waals surface area contributed by atoms with Crippen LogP contribution < -0.4 is 10.6 Å². The first-order valence-electron chi connectivity index (χ1n) is 6.41. The first-order chi connectivity index (χ1) is 7.39. The zero-order chi connectivity index (χ0) is 12.2. The summed E-state index contributed by atoms with van der Waals surface area (Å²) >= 11 is 0. The van der Waals surface area contributed by atoms with E-state index >= 15 is 0 Å². The molecule has 0 aromatic carbocycles. The maximum absolute atomic E-state index is 11.6. The largest absolute Gasteiger partial charge is 0.354 e. The molecule has 0 aromatic rings. The molecule has 1 unspecified atom stereocenters. The van der Waals surface area contributed by atoms with E-state index in [1.165, 1.54) is 19.3 Å². The van der Waals surface area contributed by atoms with Gasteiger partial charge in [0, 0.05) is 24.5 Å². The smallest absolute Gasteiger partial charge is 0.225 e. The summed E-state index contributed by atoms with van der Waals surface area (Å²) in [5.74, 6) is 1.09. The second-order valence-electron chi connectivity index (χ2n) is 6.04. The lowest BCUT2D eigenvalue weighted by molar-refractivity contribution is -0.128. The summed E-state index contributed by atoms with van der Waals surface area (Å²) in [6.45, 7) is 9.63. The molecule has 1 fully saturated rings. The van der Waals surface area contributed by atoms with E-state index in [2.05, 4.69) is 17.6 Å². The predicted octanol–water partition coefficient (Wildman–Crippen LogP) is 1.93. The molecule has 3 nitrogen and oxygen atoms in total. The average molecular weight is 226 g/mol. The fraction of sp³-hybridized carbons (Fsp3) is 0.923. The highest BCUT2D eigenvalue weighted by atomic mass is 16.2. The highest BCUT2D eigenvalue weighted by Crippen LogP contribution is 2.33. The molecule has 0 spiro atoms. The van der Waals surface area contributed by atoms with Crippen LogP contribution in [-0.4, -0.2) is 25.0 Å². The summed E-state index contributed by atoms with van der Waals surface area (Å²) in [5.41, 5.74) is -0.278. The van der Waals surface area contributed by atoms with Gasteiger partial charge in [0.15, 0.2) is 0 Å². The lowest BCUT2D eigenvalue weighted by Gasteiger charge is -2.18. The van der Waals surface area contributed by atoms with Gasteiger partial charge in [-0.05, 0) is 19.3 Å². The molecule has 1 rings (SSSR count). The number of nitrogens with one attached hydrogen (secondary N) is 2. The Morgan fingerprint density at radius 1 is 1.31 bits per heavy atom. The Morgan fingerprint density at radius 2 is 1.94 bits per heavy atom. The standard InChI is InChI=1S/C13H26N2O/c1-10(9-11-5-6-11)14-7-8-15-12(16)13(2,3)4/h10-11,14H,5-9H2,1-4H3,(H,15,16). The number of hydrogen-bond donors (Lipinski definition) is 2. The fourth-order valence-electron chi connectivity index (χ4n) is 1.70. The van der Waals surface area contributed by atoms with Crippen molar-refractivity contribution in [3.05, 3.63) is 0 Å². The zero-order valence-electron chi connectivity index (χ0n) is 11.1. The van der Waals surface area contributed by atoms with Gasteiger partial charge in [-0.1, -0.05) is 33.6 Å². The van der Waals surface area contributed by atoms with E-state index in [0.717, 1.165) is 19.0 Å². The van der Waals surface area contributed by atoms with E-state index < -0.39 is 0 Å². The van der Waals surface area contributed by atoms with Crippen molar-refractivity contribution in [2.24, 2.45) is 11.3 Å². The van der Waals surface area contributed by atoms with Crippen LogP contribution in [0.25, 0.3) is 0 Å². The molecule has 2 N–H and O–H groups in total. The molecule has 1 amide bonds. The predicted molar refractivity (Wildman–Crippen MR) is 67.3 cm³/mol. The molecule has 1 saturated carbocycles. The third-order valence-electron chi connectivity index (χ3n) is 2.97. The second-order valence-corrected chi connectivity index (χ2v) is 6.04. The molecule has 0 radical (unpaired) electrons. The number of hydrogen-bond acceptors (Lipinski definition) is 2. The van der Waals surface area contributed by atoms with Gasteiger partial charge in [-0.2, -0.15) is 0 Å². The van der Waals surface area contributed by atoms with Crippen LogP contribution >= 0.6 is 0 Å². The van der Waals surface area contributed by atoms with Crippen LogP contribution in [0.1, 0.15) is 47.0 Å². The zero-order valence-corrected chi connectivity index (χ0v) is 11.1. The van der Waals surface area contributed by atoms with Crippen LogP contribution in [0.2, 0.25) is 0 Å². The van der Waals surface area contributed by atoms with Gasteiger partial charge in [-0.25, -0.2) is 0 Å². The van der Waals surface area contributed by atoms with Crippen molar-refractivity contribution in [2.45, 2.75) is 53.0 Å². The third kappa shape index (κ3) is 5.50. The summed E-state index contributed by atoms with van der Waals surface area (Å²) in [4.78, 5) is 11.6. The Hall–Kier alpha value is -0.570. The van der Waals surface area contributed by atoms with Crippen LogP contribution in [0.3, 0.4) is 0 Å². The van der Waals surface area contributed by atoms with Crippen molar-refractivity contribution in [2.75, 3.05) is 13.1 Å². The molecular formula is C13H26N2O. The Bertz CT molecular complexity index is 229. The summed E-state index contributed by atoms with van der Waals surface area (Å²) in [7, 11) is 0. The van der Waals surface area contributed by atoms with Gasteiger partial charge >= 0.3 is 0 Å². The van der Waals surface area contributed by atoms with Crippen molar-refractivity contribution < 1.29 is 4.79 Å². The van der Waals surface area contributed by atoms with E-state index in [1.807, 2.05) is 20.8 Å². The average Bonchev–Trinajstić information content (AvgIpc) is 2.94. The van der Waals surface area contributed by atoms with E-state index in [1.54, 1.807) is 0 Å². The molecular weight excluding hydrogens is 200 g/mol. The normalized spacial score (nSPS) is 18.2. The summed E-state index contributed by atoms with van der Waals surface area (Å²) in [6, 6.07) is 0.582.